The number of nitrogens with one attached hydrogen (secondary N) is 1. The quantitative estimate of drug-likeness (QED) is 0.862. The van der Waals surface area contributed by atoms with E-state index in [-0.39, 0.29) is 11.9 Å². The molecule has 2 aromatic rings. The summed E-state index contributed by atoms with van der Waals surface area (Å²) in [5, 5.41) is 3.66. The summed E-state index contributed by atoms with van der Waals surface area (Å²) in [4.78, 5) is 0. The predicted molar refractivity (Wildman–Crippen MR) is 71.5 cm³/mol. The largest absolute Gasteiger partial charge is 0.469 e. The number of aryl methyl sites for hydroxylation is 1. The van der Waals surface area contributed by atoms with Crippen LogP contribution in [0.4, 0.5) is 10.1 Å². The molecule has 96 valence electrons. The van der Waals surface area contributed by atoms with Crippen LogP contribution in [0.15, 0.2) is 41.0 Å². The Balaban J connectivity index is 1.88. The highest BCUT2D eigenvalue weighted by Crippen LogP contribution is 2.23. The minimum absolute atomic E-state index is 0.234. The van der Waals surface area contributed by atoms with E-state index in [0.717, 1.165) is 24.3 Å². The van der Waals surface area contributed by atoms with Gasteiger partial charge in [-0.25, -0.2) is 4.39 Å². The van der Waals surface area contributed by atoms with Gasteiger partial charge in [-0.1, -0.05) is 11.6 Å². The highest BCUT2D eigenvalue weighted by atomic mass is 35.5. The predicted octanol–water partition coefficient (Wildman–Crippen LogP) is 4.51. The van der Waals surface area contributed by atoms with E-state index in [2.05, 4.69) is 12.2 Å². The minimum atomic E-state index is -0.325. The molecule has 0 spiro atoms. The number of hydrogen-bond acceptors (Lipinski definition) is 2. The van der Waals surface area contributed by atoms with Crippen LogP contribution in [-0.4, -0.2) is 6.04 Å². The highest BCUT2D eigenvalue weighted by Gasteiger charge is 2.07. The van der Waals surface area contributed by atoms with Crippen molar-refractivity contribution in [2.75, 3.05) is 5.32 Å². The number of benzene rings is 1. The zero-order chi connectivity index (χ0) is 13.0. The Hall–Kier alpha value is -1.48. The molecule has 0 saturated carbocycles. The average Bonchev–Trinajstić information content (AvgIpc) is 2.83. The molecule has 1 unspecified atom stereocenters. The van der Waals surface area contributed by atoms with Gasteiger partial charge in [0.15, 0.2) is 0 Å². The molecule has 0 fully saturated rings. The van der Waals surface area contributed by atoms with Crippen molar-refractivity contribution in [2.24, 2.45) is 0 Å². The monoisotopic (exact) mass is 267 g/mol. The first kappa shape index (κ1) is 13.0. The molecule has 0 bridgehead atoms. The van der Waals surface area contributed by atoms with Gasteiger partial charge in [-0.2, -0.15) is 0 Å². The molecule has 1 N–H and O–H groups in total. The average molecular weight is 268 g/mol. The van der Waals surface area contributed by atoms with Gasteiger partial charge >= 0.3 is 0 Å². The van der Waals surface area contributed by atoms with Crippen LogP contribution in [0, 0.1) is 5.82 Å². The van der Waals surface area contributed by atoms with E-state index >= 15 is 0 Å². The van der Waals surface area contributed by atoms with Crippen LogP contribution in [-0.2, 0) is 6.42 Å². The van der Waals surface area contributed by atoms with Gasteiger partial charge in [0.25, 0.3) is 0 Å². The second-order valence-corrected chi connectivity index (χ2v) is 4.69. The normalized spacial score (nSPS) is 12.4. The zero-order valence-electron chi connectivity index (χ0n) is 10.1. The molecule has 1 aromatic carbocycles. The van der Waals surface area contributed by atoms with E-state index in [1.165, 1.54) is 12.1 Å². The van der Waals surface area contributed by atoms with Gasteiger partial charge in [-0.05, 0) is 43.7 Å². The zero-order valence-corrected chi connectivity index (χ0v) is 10.9. The summed E-state index contributed by atoms with van der Waals surface area (Å²) in [6.45, 7) is 2.06. The number of furan rings is 1. The van der Waals surface area contributed by atoms with Crippen molar-refractivity contribution in [3.05, 3.63) is 53.2 Å². The SMILES string of the molecule is CC(CCc1ccco1)Nc1ccc(F)cc1Cl. The molecule has 1 aromatic heterocycles. The maximum atomic E-state index is 12.9. The fourth-order valence-electron chi connectivity index (χ4n) is 1.76. The number of anilines is 1. The lowest BCUT2D eigenvalue weighted by Gasteiger charge is -2.15. The number of hydrogen-bond donors (Lipinski definition) is 1. The summed E-state index contributed by atoms with van der Waals surface area (Å²) in [7, 11) is 0. The number of rotatable bonds is 5. The van der Waals surface area contributed by atoms with E-state index in [0.29, 0.717) is 5.02 Å². The number of halogens is 2. The van der Waals surface area contributed by atoms with Crippen molar-refractivity contribution in [2.45, 2.75) is 25.8 Å². The van der Waals surface area contributed by atoms with Gasteiger partial charge in [0.05, 0.1) is 17.0 Å². The summed E-state index contributed by atoms with van der Waals surface area (Å²) >= 11 is 5.95. The Kier molecular flexibility index (Phi) is 4.26. The molecule has 0 saturated heterocycles. The van der Waals surface area contributed by atoms with Crippen molar-refractivity contribution in [3.8, 4) is 0 Å². The van der Waals surface area contributed by atoms with Crippen LogP contribution in [0.2, 0.25) is 5.02 Å². The molecular weight excluding hydrogens is 253 g/mol. The standard InChI is InChI=1S/C14H15ClFNO/c1-10(4-6-12-3-2-8-18-12)17-14-7-5-11(16)9-13(14)15/h2-3,5,7-10,17H,4,6H2,1H3. The summed E-state index contributed by atoms with van der Waals surface area (Å²) in [6, 6.07) is 8.43. The third kappa shape index (κ3) is 3.50. The Labute approximate surface area is 111 Å². The molecule has 18 heavy (non-hydrogen) atoms. The van der Waals surface area contributed by atoms with Gasteiger partial charge in [0, 0.05) is 12.5 Å². The van der Waals surface area contributed by atoms with Gasteiger partial charge in [-0.3, -0.25) is 0 Å². The molecule has 2 rings (SSSR count). The summed E-state index contributed by atoms with van der Waals surface area (Å²) in [6.07, 6.45) is 3.45. The third-order valence-corrected chi connectivity index (χ3v) is 3.05. The molecule has 0 amide bonds. The Morgan fingerprint density at radius 1 is 1.39 bits per heavy atom. The van der Waals surface area contributed by atoms with Crippen LogP contribution >= 0.6 is 11.6 Å². The fourth-order valence-corrected chi connectivity index (χ4v) is 1.98. The molecule has 1 heterocycles. The lowest BCUT2D eigenvalue weighted by molar-refractivity contribution is 0.495. The Morgan fingerprint density at radius 2 is 2.22 bits per heavy atom. The topological polar surface area (TPSA) is 25.2 Å². The summed E-state index contributed by atoms with van der Waals surface area (Å²) < 4.78 is 18.2. The molecule has 4 heteroatoms. The fraction of sp³-hybridized carbons (Fsp3) is 0.286. The minimum Gasteiger partial charge on any atom is -0.469 e. The maximum absolute atomic E-state index is 12.9. The molecule has 1 atom stereocenters. The Morgan fingerprint density at radius 3 is 2.89 bits per heavy atom. The second kappa shape index (κ2) is 5.91. The van der Waals surface area contributed by atoms with Crippen molar-refractivity contribution in [1.29, 1.82) is 0 Å². The van der Waals surface area contributed by atoms with Crippen LogP contribution in [0.3, 0.4) is 0 Å². The molecule has 0 aliphatic heterocycles. The van der Waals surface area contributed by atoms with Gasteiger partial charge in [0.2, 0.25) is 0 Å². The smallest absolute Gasteiger partial charge is 0.124 e. The third-order valence-electron chi connectivity index (χ3n) is 2.74. The van der Waals surface area contributed by atoms with Crippen LogP contribution < -0.4 is 5.32 Å². The van der Waals surface area contributed by atoms with E-state index in [1.807, 2.05) is 12.1 Å². The van der Waals surface area contributed by atoms with Gasteiger partial charge in [-0.15, -0.1) is 0 Å². The first-order valence-electron chi connectivity index (χ1n) is 5.89. The maximum Gasteiger partial charge on any atom is 0.124 e. The van der Waals surface area contributed by atoms with E-state index in [1.54, 1.807) is 12.3 Å². The highest BCUT2D eigenvalue weighted by molar-refractivity contribution is 6.33. The van der Waals surface area contributed by atoms with Crippen LogP contribution in [0.1, 0.15) is 19.1 Å². The van der Waals surface area contributed by atoms with Gasteiger partial charge < -0.3 is 9.73 Å². The molecule has 0 radical (unpaired) electrons. The van der Waals surface area contributed by atoms with Crippen molar-refractivity contribution < 1.29 is 8.81 Å². The first-order chi connectivity index (χ1) is 8.65. The van der Waals surface area contributed by atoms with Crippen molar-refractivity contribution in [1.82, 2.24) is 0 Å². The summed E-state index contributed by atoms with van der Waals surface area (Å²) in [5.74, 6) is 0.641. The van der Waals surface area contributed by atoms with Crippen molar-refractivity contribution in [3.63, 3.8) is 0 Å². The van der Waals surface area contributed by atoms with E-state index < -0.39 is 0 Å². The van der Waals surface area contributed by atoms with Crippen molar-refractivity contribution >= 4 is 17.3 Å². The summed E-state index contributed by atoms with van der Waals surface area (Å²) in [5.41, 5.74) is 0.755. The van der Waals surface area contributed by atoms with E-state index in [4.69, 9.17) is 16.0 Å². The molecule has 0 aliphatic carbocycles. The lowest BCUT2D eigenvalue weighted by atomic mass is 10.1. The molecular formula is C14H15ClFNO. The first-order valence-corrected chi connectivity index (χ1v) is 6.27. The molecule has 0 aliphatic rings. The van der Waals surface area contributed by atoms with Crippen LogP contribution in [0.5, 0.6) is 0 Å². The second-order valence-electron chi connectivity index (χ2n) is 4.29. The Bertz CT molecular complexity index is 499. The van der Waals surface area contributed by atoms with Gasteiger partial charge in [0.1, 0.15) is 11.6 Å². The van der Waals surface area contributed by atoms with E-state index in [9.17, 15) is 4.39 Å². The lowest BCUT2D eigenvalue weighted by Crippen LogP contribution is -2.16. The van der Waals surface area contributed by atoms with Crippen LogP contribution in [0.25, 0.3) is 0 Å². The molecule has 2 nitrogen and oxygen atoms in total.